The van der Waals surface area contributed by atoms with Crippen LogP contribution >= 0.6 is 0 Å². The highest BCUT2D eigenvalue weighted by Crippen LogP contribution is 2.31. The molecule has 2 saturated heterocycles. The molecule has 0 radical (unpaired) electrons. The number of likely N-dealkylation sites (N-methyl/N-ethyl adjacent to an activating group) is 2. The van der Waals surface area contributed by atoms with E-state index in [4.69, 9.17) is 4.42 Å². The van der Waals surface area contributed by atoms with Crippen LogP contribution in [0.25, 0.3) is 33.7 Å². The van der Waals surface area contributed by atoms with Crippen LogP contribution < -0.4 is 15.1 Å². The van der Waals surface area contributed by atoms with Crippen molar-refractivity contribution in [3.05, 3.63) is 168 Å². The lowest BCUT2D eigenvalue weighted by Gasteiger charge is -2.36. The first-order valence-electron chi connectivity index (χ1n) is 24.4. The number of urea groups is 2. The maximum Gasteiger partial charge on any atom is 0.324 e. The molecule has 3 aromatic heterocycles. The molecule has 5 amide bonds. The van der Waals surface area contributed by atoms with Gasteiger partial charge in [-0.3, -0.25) is 29.4 Å². The highest BCUT2D eigenvalue weighted by molar-refractivity contribution is 6.00. The Balaban J connectivity index is 0.000000204. The third-order valence-corrected chi connectivity index (χ3v) is 12.9. The number of nitrogens with zero attached hydrogens (tertiary/aromatic N) is 10. The van der Waals surface area contributed by atoms with E-state index >= 15 is 8.78 Å². The summed E-state index contributed by atoms with van der Waals surface area (Å²) >= 11 is 0. The first kappa shape index (κ1) is 54.8. The van der Waals surface area contributed by atoms with Crippen LogP contribution in [0, 0.1) is 11.6 Å². The lowest BCUT2D eigenvalue weighted by Crippen LogP contribution is -2.52. The van der Waals surface area contributed by atoms with E-state index in [1.807, 2.05) is 86.1 Å². The molecule has 0 saturated carbocycles. The zero-order chi connectivity index (χ0) is 54.6. The van der Waals surface area contributed by atoms with E-state index in [0.29, 0.717) is 50.6 Å². The zero-order valence-electron chi connectivity index (χ0n) is 41.9. The highest BCUT2D eigenvalue weighted by atomic mass is 19.3. The Morgan fingerprint density at radius 2 is 1.08 bits per heavy atom. The molecule has 4 aromatic carbocycles. The van der Waals surface area contributed by atoms with Gasteiger partial charge in [-0.2, -0.15) is 17.6 Å². The molecule has 7 aromatic rings. The van der Waals surface area contributed by atoms with Gasteiger partial charge in [-0.1, -0.05) is 54.6 Å². The van der Waals surface area contributed by atoms with Crippen LogP contribution in [0.1, 0.15) is 33.8 Å². The first-order chi connectivity index (χ1) is 37.1. The number of carbonyl (C=O) groups excluding carboxylic acids is 4. The molecule has 0 atom stereocenters. The van der Waals surface area contributed by atoms with Crippen LogP contribution in [0.15, 0.2) is 138 Å². The number of ketones is 1. The Kier molecular flexibility index (Phi) is 18.0. The summed E-state index contributed by atoms with van der Waals surface area (Å²) < 4.78 is 85.8. The van der Waals surface area contributed by atoms with Gasteiger partial charge in [0.2, 0.25) is 5.89 Å². The second kappa shape index (κ2) is 25.4. The summed E-state index contributed by atoms with van der Waals surface area (Å²) in [6.45, 7) is 4.22. The summed E-state index contributed by atoms with van der Waals surface area (Å²) in [5, 5.41) is 8.68. The van der Waals surface area contributed by atoms with Crippen LogP contribution in [0.5, 0.6) is 0 Å². The fourth-order valence-electron chi connectivity index (χ4n) is 8.43. The monoisotopic (exact) mass is 1060 g/mol. The van der Waals surface area contributed by atoms with Crippen molar-refractivity contribution in [1.29, 1.82) is 0 Å². The molecule has 1 N–H and O–H groups in total. The molecular formula is C55H53F6N11O5. The lowest BCUT2D eigenvalue weighted by molar-refractivity contribution is -0.131. The van der Waals surface area contributed by atoms with Gasteiger partial charge in [0, 0.05) is 122 Å². The molecule has 0 unspecified atom stereocenters. The number of nitrogens with one attached hydrogen (secondary N) is 1. The summed E-state index contributed by atoms with van der Waals surface area (Å²) in [6.07, 6.45) is 0.632. The minimum Gasteiger partial charge on any atom is -0.415 e. The Hall–Kier alpha value is -8.50. The number of carbonyl (C=O) groups is 4. The van der Waals surface area contributed by atoms with Crippen molar-refractivity contribution < 1.29 is 49.9 Å². The number of rotatable bonds is 14. The van der Waals surface area contributed by atoms with E-state index in [-0.39, 0.29) is 53.3 Å². The lowest BCUT2D eigenvalue weighted by atomic mass is 10.1. The number of Topliss-reactive ketones (excluding diaryl/α,β-unsaturated/α-hetero) is 1. The normalized spacial score (nSPS) is 14.0. The van der Waals surface area contributed by atoms with Gasteiger partial charge in [0.25, 0.3) is 11.8 Å². The highest BCUT2D eigenvalue weighted by Gasteiger charge is 2.29. The third kappa shape index (κ3) is 14.1. The number of anilines is 2. The molecule has 400 valence electrons. The van der Waals surface area contributed by atoms with Gasteiger partial charge in [-0.25, -0.2) is 18.4 Å². The molecule has 0 aliphatic carbocycles. The van der Waals surface area contributed by atoms with Crippen molar-refractivity contribution in [2.75, 3.05) is 82.8 Å². The molecule has 0 bridgehead atoms. The van der Waals surface area contributed by atoms with Crippen LogP contribution in [-0.2, 0) is 17.9 Å². The second-order valence-corrected chi connectivity index (χ2v) is 18.2. The number of pyridine rings is 2. The molecule has 22 heteroatoms. The van der Waals surface area contributed by atoms with Crippen molar-refractivity contribution in [3.8, 4) is 33.7 Å². The molecule has 16 nitrogen and oxygen atoms in total. The van der Waals surface area contributed by atoms with Gasteiger partial charge in [0.15, 0.2) is 5.78 Å². The van der Waals surface area contributed by atoms with Gasteiger partial charge in [-0.15, -0.1) is 10.2 Å². The van der Waals surface area contributed by atoms with E-state index < -0.39 is 48.6 Å². The second-order valence-electron chi connectivity index (χ2n) is 18.2. The Labute approximate surface area is 439 Å². The number of piperazine rings is 2. The first-order valence-corrected chi connectivity index (χ1v) is 24.4. The quantitative estimate of drug-likeness (QED) is 0.0816. The predicted octanol–water partition coefficient (Wildman–Crippen LogP) is 9.08. The topological polar surface area (TPSA) is 164 Å². The fraction of sp³-hybridized carbons (Fsp3) is 0.273. The number of amides is 5. The molecule has 2 aliphatic heterocycles. The van der Waals surface area contributed by atoms with Crippen LogP contribution in [0.3, 0.4) is 0 Å². The van der Waals surface area contributed by atoms with Gasteiger partial charge in [0.1, 0.15) is 11.6 Å². The van der Waals surface area contributed by atoms with Crippen molar-refractivity contribution >= 4 is 35.1 Å². The Morgan fingerprint density at radius 3 is 1.52 bits per heavy atom. The largest absolute Gasteiger partial charge is 0.415 e. The third-order valence-electron chi connectivity index (χ3n) is 12.9. The molecular weight excluding hydrogens is 1010 g/mol. The summed E-state index contributed by atoms with van der Waals surface area (Å²) in [5.41, 5.74) is 5.13. The summed E-state index contributed by atoms with van der Waals surface area (Å²) in [6, 6.07) is 29.6. The molecule has 5 heterocycles. The van der Waals surface area contributed by atoms with Gasteiger partial charge < -0.3 is 29.3 Å². The fourth-order valence-corrected chi connectivity index (χ4v) is 8.43. The molecule has 9 rings (SSSR count). The van der Waals surface area contributed by atoms with Crippen molar-refractivity contribution in [1.82, 2.24) is 45.1 Å². The summed E-state index contributed by atoms with van der Waals surface area (Å²) in [7, 11) is 3.98. The van der Waals surface area contributed by atoms with E-state index in [1.54, 1.807) is 45.6 Å². The maximum absolute atomic E-state index is 15.3. The van der Waals surface area contributed by atoms with Crippen molar-refractivity contribution in [2.45, 2.75) is 25.9 Å². The number of benzene rings is 4. The van der Waals surface area contributed by atoms with E-state index in [9.17, 15) is 36.7 Å². The Bertz CT molecular complexity index is 3160. The molecule has 77 heavy (non-hydrogen) atoms. The van der Waals surface area contributed by atoms with E-state index in [1.165, 1.54) is 29.2 Å². The number of hydrogen-bond donors (Lipinski definition) is 1. The van der Waals surface area contributed by atoms with Crippen LogP contribution in [-0.4, -0.2) is 143 Å². The van der Waals surface area contributed by atoms with E-state index in [0.717, 1.165) is 47.5 Å². The summed E-state index contributed by atoms with van der Waals surface area (Å²) in [5.74, 6) is -4.70. The number of halogens is 6. The number of alkyl halides is 4. The zero-order valence-corrected chi connectivity index (χ0v) is 41.9. The van der Waals surface area contributed by atoms with E-state index in [2.05, 4.69) is 30.0 Å². The van der Waals surface area contributed by atoms with Crippen molar-refractivity contribution in [3.63, 3.8) is 0 Å². The van der Waals surface area contributed by atoms with Gasteiger partial charge in [-0.05, 0) is 79.8 Å². The van der Waals surface area contributed by atoms with Crippen molar-refractivity contribution in [2.24, 2.45) is 0 Å². The minimum absolute atomic E-state index is 0.0418. The number of hydrogen-bond acceptors (Lipinski definition) is 11. The Morgan fingerprint density at radius 1 is 0.584 bits per heavy atom. The van der Waals surface area contributed by atoms with Crippen LogP contribution in [0.2, 0.25) is 0 Å². The predicted molar refractivity (Wildman–Crippen MR) is 275 cm³/mol. The van der Waals surface area contributed by atoms with Gasteiger partial charge >= 0.3 is 24.9 Å². The average molecular weight is 1060 g/mol. The molecule has 0 spiro atoms. The average Bonchev–Trinajstić information content (AvgIpc) is 3.96. The van der Waals surface area contributed by atoms with Crippen LogP contribution in [0.4, 0.5) is 47.3 Å². The SMILES string of the molecule is CN1CCN(C(=O)N(Cc2ccc(-c3nnc(C(F)F)o3)cc2F)c2cccc(-c3cccnc3)c2)CC1.CN1CCN(C(=O)N(Cc2ccc(C(=O)CNC(=O)C(F)F)cc2F)c2cccc(-c3cccnc3)c2)CC1. The smallest absolute Gasteiger partial charge is 0.324 e. The standard InChI is InChI=1S/C28H28F3N5O3.C27H25F3N6O2/c1-34-10-12-35(13-11-34)28(39)36(23-6-2-4-19(14-23)21-5-3-9-32-16-21)18-22-8-7-20(15-24(22)29)25(37)17-33-27(38)26(30)31;1-34-10-12-35(13-11-34)27(37)36(22-6-2-4-18(14-22)20-5-3-9-31-16-20)17-21-8-7-19(15-23(21)28)25-32-33-26(38-25)24(29)30/h2-9,14-16,26H,10-13,17-18H2,1H3,(H,33,38);2-9,14-16,24H,10-13,17H2,1H3. The summed E-state index contributed by atoms with van der Waals surface area (Å²) in [4.78, 5) is 69.9. The molecule has 2 aliphatic rings. The number of aromatic nitrogens is 4. The maximum atomic E-state index is 15.3. The van der Waals surface area contributed by atoms with Gasteiger partial charge in [0.05, 0.1) is 19.6 Å². The molecule has 2 fully saturated rings. The minimum atomic E-state index is -3.25.